The van der Waals surface area contributed by atoms with Gasteiger partial charge in [0.25, 0.3) is 0 Å². The van der Waals surface area contributed by atoms with Gasteiger partial charge in [0, 0.05) is 49.7 Å². The molecular weight excluding hydrogens is 248 g/mol. The molecular formula is C16H20N4. The van der Waals surface area contributed by atoms with E-state index in [1.54, 1.807) is 0 Å². The Morgan fingerprint density at radius 3 is 2.75 bits per heavy atom. The van der Waals surface area contributed by atoms with Crippen LogP contribution in [0.15, 0.2) is 30.6 Å². The number of nitriles is 1. The van der Waals surface area contributed by atoms with E-state index in [4.69, 9.17) is 0 Å². The summed E-state index contributed by atoms with van der Waals surface area (Å²) < 4.78 is 2.04. The number of hydrogen-bond donors (Lipinski definition) is 1. The van der Waals surface area contributed by atoms with Gasteiger partial charge in [-0.25, -0.2) is 0 Å². The van der Waals surface area contributed by atoms with Gasteiger partial charge in [0.2, 0.25) is 0 Å². The highest BCUT2D eigenvalue weighted by Gasteiger charge is 2.22. The second kappa shape index (κ2) is 5.28. The zero-order chi connectivity index (χ0) is 14.1. The van der Waals surface area contributed by atoms with Crippen LogP contribution >= 0.6 is 0 Å². The van der Waals surface area contributed by atoms with Crippen LogP contribution in [-0.4, -0.2) is 34.5 Å². The van der Waals surface area contributed by atoms with Gasteiger partial charge in [-0.1, -0.05) is 6.07 Å². The number of piperazine rings is 1. The first-order chi connectivity index (χ1) is 9.67. The number of aromatic nitrogens is 1. The third-order valence-electron chi connectivity index (χ3n) is 3.90. The van der Waals surface area contributed by atoms with Gasteiger partial charge in [0.15, 0.2) is 0 Å². The maximum Gasteiger partial charge on any atom is 0.102 e. The average molecular weight is 268 g/mol. The summed E-state index contributed by atoms with van der Waals surface area (Å²) in [5.74, 6) is 0. The van der Waals surface area contributed by atoms with Crippen molar-refractivity contribution in [3.8, 4) is 6.07 Å². The summed E-state index contributed by atoms with van der Waals surface area (Å²) in [6.45, 7) is 7.33. The number of rotatable bonds is 2. The summed E-state index contributed by atoms with van der Waals surface area (Å²) >= 11 is 0. The molecule has 3 heterocycles. The second-order valence-electron chi connectivity index (χ2n) is 5.80. The number of hydrogen-bond acceptors (Lipinski definition) is 3. The average Bonchev–Trinajstić information content (AvgIpc) is 2.74. The molecule has 2 atom stereocenters. The molecule has 1 fully saturated rings. The third kappa shape index (κ3) is 2.43. The Morgan fingerprint density at radius 2 is 2.05 bits per heavy atom. The molecule has 1 aliphatic heterocycles. The lowest BCUT2D eigenvalue weighted by Gasteiger charge is -2.36. The predicted octanol–water partition coefficient (Wildman–Crippen LogP) is 1.99. The van der Waals surface area contributed by atoms with Crippen LogP contribution in [0.2, 0.25) is 0 Å². The number of fused-ring (bicyclic) bond motifs is 1. The number of nitrogens with zero attached hydrogens (tertiary/aromatic N) is 3. The van der Waals surface area contributed by atoms with Gasteiger partial charge >= 0.3 is 0 Å². The molecule has 0 amide bonds. The van der Waals surface area contributed by atoms with Crippen molar-refractivity contribution in [2.75, 3.05) is 13.1 Å². The van der Waals surface area contributed by atoms with Crippen molar-refractivity contribution in [2.45, 2.75) is 32.5 Å². The number of pyridine rings is 1. The molecule has 20 heavy (non-hydrogen) atoms. The molecule has 0 spiro atoms. The Morgan fingerprint density at radius 1 is 1.30 bits per heavy atom. The molecule has 2 aromatic heterocycles. The first kappa shape index (κ1) is 13.2. The Kier molecular flexibility index (Phi) is 3.47. The Balaban J connectivity index is 1.89. The van der Waals surface area contributed by atoms with E-state index in [0.717, 1.165) is 36.3 Å². The maximum atomic E-state index is 9.44. The molecule has 2 aromatic rings. The van der Waals surface area contributed by atoms with E-state index >= 15 is 0 Å². The first-order valence-electron chi connectivity index (χ1n) is 7.14. The summed E-state index contributed by atoms with van der Waals surface area (Å²) in [7, 11) is 0. The van der Waals surface area contributed by atoms with Gasteiger partial charge in [0.05, 0.1) is 11.1 Å². The highest BCUT2D eigenvalue weighted by Crippen LogP contribution is 2.20. The molecule has 0 radical (unpaired) electrons. The summed E-state index contributed by atoms with van der Waals surface area (Å²) in [6.07, 6.45) is 4.09. The molecule has 2 unspecified atom stereocenters. The van der Waals surface area contributed by atoms with Crippen LogP contribution < -0.4 is 5.32 Å². The van der Waals surface area contributed by atoms with Crippen molar-refractivity contribution in [3.05, 3.63) is 41.7 Å². The van der Waals surface area contributed by atoms with Crippen LogP contribution in [0.5, 0.6) is 0 Å². The predicted molar refractivity (Wildman–Crippen MR) is 79.4 cm³/mol. The fourth-order valence-electron chi connectivity index (χ4n) is 3.24. The molecule has 4 heteroatoms. The third-order valence-corrected chi connectivity index (χ3v) is 3.90. The summed E-state index contributed by atoms with van der Waals surface area (Å²) in [5.41, 5.74) is 2.94. The fraction of sp³-hybridized carbons (Fsp3) is 0.438. The van der Waals surface area contributed by atoms with Gasteiger partial charge in [-0.3, -0.25) is 4.90 Å². The molecule has 4 nitrogen and oxygen atoms in total. The SMILES string of the molecule is CC1CN(Cc2cn3ccccc3c2C#N)CC(C)N1. The zero-order valence-corrected chi connectivity index (χ0v) is 12.0. The summed E-state index contributed by atoms with van der Waals surface area (Å²) in [4.78, 5) is 2.43. The standard InChI is InChI=1S/C16H20N4/c1-12-8-19(9-13(2)18-12)10-14-11-20-6-4-3-5-16(20)15(14)7-17/h3-6,11-13,18H,8-10H2,1-2H3. The van der Waals surface area contributed by atoms with Gasteiger partial charge in [-0.15, -0.1) is 0 Å². The fourth-order valence-corrected chi connectivity index (χ4v) is 3.24. The van der Waals surface area contributed by atoms with E-state index in [0.29, 0.717) is 12.1 Å². The molecule has 0 aromatic carbocycles. The van der Waals surface area contributed by atoms with Crippen molar-refractivity contribution in [1.82, 2.24) is 14.6 Å². The van der Waals surface area contributed by atoms with Crippen LogP contribution in [0.25, 0.3) is 5.52 Å². The van der Waals surface area contributed by atoms with Crippen LogP contribution in [0, 0.1) is 11.3 Å². The topological polar surface area (TPSA) is 43.5 Å². The van der Waals surface area contributed by atoms with E-state index in [-0.39, 0.29) is 0 Å². The lowest BCUT2D eigenvalue weighted by molar-refractivity contribution is 0.166. The Bertz CT molecular complexity index is 642. The highest BCUT2D eigenvalue weighted by atomic mass is 15.2. The smallest absolute Gasteiger partial charge is 0.102 e. The molecule has 1 aliphatic rings. The summed E-state index contributed by atoms with van der Waals surface area (Å²) in [6, 6.07) is 9.35. The van der Waals surface area contributed by atoms with E-state index < -0.39 is 0 Å². The molecule has 0 bridgehead atoms. The van der Waals surface area contributed by atoms with Crippen molar-refractivity contribution in [2.24, 2.45) is 0 Å². The monoisotopic (exact) mass is 268 g/mol. The van der Waals surface area contributed by atoms with Gasteiger partial charge in [-0.2, -0.15) is 5.26 Å². The van der Waals surface area contributed by atoms with Crippen LogP contribution in [0.4, 0.5) is 0 Å². The minimum Gasteiger partial charge on any atom is -0.322 e. The lowest BCUT2D eigenvalue weighted by atomic mass is 10.1. The van der Waals surface area contributed by atoms with Crippen molar-refractivity contribution in [1.29, 1.82) is 5.26 Å². The van der Waals surface area contributed by atoms with E-state index in [9.17, 15) is 5.26 Å². The van der Waals surface area contributed by atoms with Gasteiger partial charge < -0.3 is 9.72 Å². The van der Waals surface area contributed by atoms with E-state index in [1.807, 2.05) is 28.8 Å². The van der Waals surface area contributed by atoms with Crippen molar-refractivity contribution in [3.63, 3.8) is 0 Å². The van der Waals surface area contributed by atoms with Crippen molar-refractivity contribution < 1.29 is 0 Å². The quantitative estimate of drug-likeness (QED) is 0.906. The Labute approximate surface area is 119 Å². The highest BCUT2D eigenvalue weighted by molar-refractivity contribution is 5.65. The molecule has 0 aliphatic carbocycles. The first-order valence-corrected chi connectivity index (χ1v) is 7.14. The zero-order valence-electron chi connectivity index (χ0n) is 12.0. The molecule has 104 valence electrons. The Hall–Kier alpha value is -1.83. The molecule has 1 N–H and O–H groups in total. The van der Waals surface area contributed by atoms with Crippen LogP contribution in [0.3, 0.4) is 0 Å². The van der Waals surface area contributed by atoms with Gasteiger partial charge in [0.1, 0.15) is 6.07 Å². The minimum absolute atomic E-state index is 0.501. The molecule has 0 saturated carbocycles. The van der Waals surface area contributed by atoms with Crippen LogP contribution in [0.1, 0.15) is 25.0 Å². The normalized spacial score (nSPS) is 23.9. The molecule has 3 rings (SSSR count). The molecule has 1 saturated heterocycles. The minimum atomic E-state index is 0.501. The van der Waals surface area contributed by atoms with Crippen LogP contribution in [-0.2, 0) is 6.54 Å². The second-order valence-corrected chi connectivity index (χ2v) is 5.80. The lowest BCUT2D eigenvalue weighted by Crippen LogP contribution is -2.53. The van der Waals surface area contributed by atoms with E-state index in [1.165, 1.54) is 0 Å². The largest absolute Gasteiger partial charge is 0.322 e. The maximum absolute atomic E-state index is 9.44. The van der Waals surface area contributed by atoms with Gasteiger partial charge in [-0.05, 0) is 26.0 Å². The van der Waals surface area contributed by atoms with Crippen molar-refractivity contribution >= 4 is 5.52 Å². The van der Waals surface area contributed by atoms with E-state index in [2.05, 4.69) is 36.3 Å². The number of nitrogens with one attached hydrogen (secondary N) is 1. The summed E-state index contributed by atoms with van der Waals surface area (Å²) in [5, 5.41) is 13.0.